The molecule has 0 aliphatic rings. The lowest BCUT2D eigenvalue weighted by molar-refractivity contribution is 0.0470. The van der Waals surface area contributed by atoms with Crippen LogP contribution in [-0.4, -0.2) is 22.7 Å². The highest BCUT2D eigenvalue weighted by Gasteiger charge is 2.17. The largest absolute Gasteiger partial charge is 0.459 e. The summed E-state index contributed by atoms with van der Waals surface area (Å²) in [5.41, 5.74) is 5.84. The number of benzene rings is 1. The molecule has 0 unspecified atom stereocenters. The molecule has 0 aliphatic heterocycles. The Kier molecular flexibility index (Phi) is 3.22. The van der Waals surface area contributed by atoms with E-state index in [4.69, 9.17) is 15.0 Å². The number of nitrogen functional groups attached to an aromatic ring is 1. The molecule has 1 aromatic carbocycles. The summed E-state index contributed by atoms with van der Waals surface area (Å²) in [4.78, 5) is 15.1. The van der Waals surface area contributed by atoms with Crippen LogP contribution in [0.3, 0.4) is 0 Å². The van der Waals surface area contributed by atoms with Crippen molar-refractivity contribution in [3.63, 3.8) is 0 Å². The summed E-state index contributed by atoms with van der Waals surface area (Å²) in [6, 6.07) is 3.98. The highest BCUT2D eigenvalue weighted by atomic mass is 19.1. The van der Waals surface area contributed by atoms with Gasteiger partial charge in [0.05, 0.1) is 12.3 Å². The fourth-order valence-electron chi connectivity index (χ4n) is 1.30. The highest BCUT2D eigenvalue weighted by molar-refractivity contribution is 5.84. The normalized spacial score (nSPS) is 10.3. The zero-order valence-corrected chi connectivity index (χ0v) is 9.51. The number of nitrogens with zero attached hydrogens (tertiary/aromatic N) is 2. The summed E-state index contributed by atoms with van der Waals surface area (Å²) >= 11 is 0. The van der Waals surface area contributed by atoms with Crippen LogP contribution in [0.25, 0.3) is 11.4 Å². The van der Waals surface area contributed by atoms with E-state index in [1.54, 1.807) is 6.92 Å². The molecule has 0 aliphatic carbocycles. The quantitative estimate of drug-likeness (QED) is 0.658. The first-order valence-corrected chi connectivity index (χ1v) is 5.18. The molecule has 0 radical (unpaired) electrons. The van der Waals surface area contributed by atoms with Gasteiger partial charge in [0, 0.05) is 5.56 Å². The van der Waals surface area contributed by atoms with Gasteiger partial charge in [0.2, 0.25) is 5.82 Å². The van der Waals surface area contributed by atoms with Crippen LogP contribution in [0.2, 0.25) is 0 Å². The van der Waals surface area contributed by atoms with Gasteiger partial charge in [0.25, 0.3) is 0 Å². The molecule has 0 spiro atoms. The smallest absolute Gasteiger partial charge is 0.397 e. The Hall–Kier alpha value is -2.44. The van der Waals surface area contributed by atoms with Gasteiger partial charge < -0.3 is 15.0 Å². The first-order chi connectivity index (χ1) is 8.61. The van der Waals surface area contributed by atoms with E-state index in [1.807, 2.05) is 0 Å². The van der Waals surface area contributed by atoms with Gasteiger partial charge >= 0.3 is 11.9 Å². The van der Waals surface area contributed by atoms with E-state index >= 15 is 0 Å². The Labute approximate surface area is 102 Å². The number of hydrogen-bond acceptors (Lipinski definition) is 6. The summed E-state index contributed by atoms with van der Waals surface area (Å²) in [6.07, 6.45) is 0. The monoisotopic (exact) mass is 251 g/mol. The molecule has 6 nitrogen and oxygen atoms in total. The Morgan fingerprint density at radius 3 is 3.00 bits per heavy atom. The first-order valence-electron chi connectivity index (χ1n) is 5.18. The number of ether oxygens (including phenoxy) is 1. The van der Waals surface area contributed by atoms with Crippen LogP contribution < -0.4 is 5.73 Å². The lowest BCUT2D eigenvalue weighted by Gasteiger charge is -1.98. The lowest BCUT2D eigenvalue weighted by Crippen LogP contribution is -2.04. The van der Waals surface area contributed by atoms with Crippen molar-refractivity contribution in [3.8, 4) is 11.4 Å². The molecule has 7 heteroatoms. The van der Waals surface area contributed by atoms with Crippen molar-refractivity contribution in [3.05, 3.63) is 29.9 Å². The van der Waals surface area contributed by atoms with E-state index in [2.05, 4.69) is 10.1 Å². The van der Waals surface area contributed by atoms with Crippen LogP contribution in [0, 0.1) is 5.82 Å². The van der Waals surface area contributed by atoms with Crippen LogP contribution in [0.5, 0.6) is 0 Å². The maximum Gasteiger partial charge on any atom is 0.397 e. The Morgan fingerprint density at radius 2 is 2.33 bits per heavy atom. The summed E-state index contributed by atoms with van der Waals surface area (Å²) in [5.74, 6) is -1.35. The lowest BCUT2D eigenvalue weighted by atomic mass is 10.2. The maximum atomic E-state index is 13.0. The topological polar surface area (TPSA) is 91.2 Å². The molecule has 0 saturated heterocycles. The minimum absolute atomic E-state index is 0.0324. The average Bonchev–Trinajstić information content (AvgIpc) is 2.82. The third-order valence-electron chi connectivity index (χ3n) is 2.13. The van der Waals surface area contributed by atoms with E-state index in [0.717, 1.165) is 0 Å². The van der Waals surface area contributed by atoms with E-state index in [-0.39, 0.29) is 24.0 Å². The summed E-state index contributed by atoms with van der Waals surface area (Å²) in [6.45, 7) is 1.87. The predicted octanol–water partition coefficient (Wildman–Crippen LogP) is 1.63. The minimum atomic E-state index is -0.702. The fourth-order valence-corrected chi connectivity index (χ4v) is 1.30. The second kappa shape index (κ2) is 4.82. The van der Waals surface area contributed by atoms with E-state index in [9.17, 15) is 9.18 Å². The molecule has 0 saturated carbocycles. The second-order valence-corrected chi connectivity index (χ2v) is 3.38. The van der Waals surface area contributed by atoms with Crippen LogP contribution in [-0.2, 0) is 4.74 Å². The number of hydrogen-bond donors (Lipinski definition) is 1. The van der Waals surface area contributed by atoms with Crippen LogP contribution in [0.1, 0.15) is 17.6 Å². The van der Waals surface area contributed by atoms with Crippen molar-refractivity contribution in [1.82, 2.24) is 10.1 Å². The van der Waals surface area contributed by atoms with Crippen molar-refractivity contribution in [2.24, 2.45) is 0 Å². The number of nitrogens with two attached hydrogens (primary N) is 1. The van der Waals surface area contributed by atoms with Crippen molar-refractivity contribution in [2.45, 2.75) is 6.92 Å². The standard InChI is InChI=1S/C11H10FN3O3/c1-2-17-11(16)10-14-9(15-18-10)6-3-4-7(12)8(13)5-6/h3-5H,2,13H2,1H3. The van der Waals surface area contributed by atoms with Gasteiger partial charge in [0.1, 0.15) is 5.82 Å². The molecule has 0 amide bonds. The Balaban J connectivity index is 2.29. The molecule has 1 heterocycles. The zero-order chi connectivity index (χ0) is 13.1. The Bertz CT molecular complexity index is 583. The van der Waals surface area contributed by atoms with Crippen molar-refractivity contribution < 1.29 is 18.4 Å². The molecule has 0 fully saturated rings. The fraction of sp³-hybridized carbons (Fsp3) is 0.182. The first kappa shape index (κ1) is 12.0. The average molecular weight is 251 g/mol. The number of esters is 1. The summed E-state index contributed by atoms with van der Waals surface area (Å²) < 4.78 is 22.4. The van der Waals surface area contributed by atoms with Gasteiger partial charge in [-0.1, -0.05) is 5.16 Å². The van der Waals surface area contributed by atoms with E-state index < -0.39 is 11.8 Å². The number of rotatable bonds is 3. The number of anilines is 1. The zero-order valence-electron chi connectivity index (χ0n) is 9.51. The van der Waals surface area contributed by atoms with Crippen molar-refractivity contribution in [2.75, 3.05) is 12.3 Å². The predicted molar refractivity (Wildman–Crippen MR) is 60.1 cm³/mol. The molecule has 0 atom stereocenters. The molecule has 2 aromatic rings. The van der Waals surface area contributed by atoms with Crippen LogP contribution >= 0.6 is 0 Å². The minimum Gasteiger partial charge on any atom is -0.459 e. The third kappa shape index (κ3) is 2.29. The molecule has 94 valence electrons. The van der Waals surface area contributed by atoms with Crippen molar-refractivity contribution >= 4 is 11.7 Å². The number of carbonyl (C=O) groups excluding carboxylic acids is 1. The molecule has 0 bridgehead atoms. The summed E-state index contributed by atoms with van der Waals surface area (Å²) in [5, 5.41) is 3.60. The maximum absolute atomic E-state index is 13.0. The van der Waals surface area contributed by atoms with Gasteiger partial charge in [-0.15, -0.1) is 0 Å². The molecule has 2 rings (SSSR count). The third-order valence-corrected chi connectivity index (χ3v) is 2.13. The molecule has 18 heavy (non-hydrogen) atoms. The van der Waals surface area contributed by atoms with E-state index in [0.29, 0.717) is 5.56 Å². The molecular weight excluding hydrogens is 241 g/mol. The second-order valence-electron chi connectivity index (χ2n) is 3.38. The Morgan fingerprint density at radius 1 is 1.56 bits per heavy atom. The molecule has 2 N–H and O–H groups in total. The number of aromatic nitrogens is 2. The number of carbonyl (C=O) groups is 1. The highest BCUT2D eigenvalue weighted by Crippen LogP contribution is 2.20. The van der Waals surface area contributed by atoms with Gasteiger partial charge in [0.15, 0.2) is 0 Å². The van der Waals surface area contributed by atoms with Gasteiger partial charge in [-0.05, 0) is 25.1 Å². The van der Waals surface area contributed by atoms with Crippen molar-refractivity contribution in [1.29, 1.82) is 0 Å². The van der Waals surface area contributed by atoms with Crippen LogP contribution in [0.15, 0.2) is 22.7 Å². The molecule has 1 aromatic heterocycles. The summed E-state index contributed by atoms with van der Waals surface area (Å²) in [7, 11) is 0. The SMILES string of the molecule is CCOC(=O)c1nc(-c2ccc(F)c(N)c2)no1. The van der Waals surface area contributed by atoms with Gasteiger partial charge in [-0.25, -0.2) is 9.18 Å². The number of halogens is 1. The van der Waals surface area contributed by atoms with Gasteiger partial charge in [-0.3, -0.25) is 0 Å². The van der Waals surface area contributed by atoms with E-state index in [1.165, 1.54) is 18.2 Å². The molecular formula is C11H10FN3O3. The van der Waals surface area contributed by atoms with Crippen LogP contribution in [0.4, 0.5) is 10.1 Å². The van der Waals surface area contributed by atoms with Gasteiger partial charge in [-0.2, -0.15) is 4.98 Å².